The van der Waals surface area contributed by atoms with E-state index in [1.54, 1.807) is 0 Å². The molecule has 4 N–H and O–H groups in total. The van der Waals surface area contributed by atoms with E-state index in [9.17, 15) is 18.0 Å². The average Bonchev–Trinajstić information content (AvgIpc) is 2.09. The molecular formula is C8H10F3N3O. The Morgan fingerprint density at radius 3 is 2.00 bits per heavy atom. The van der Waals surface area contributed by atoms with Gasteiger partial charge < -0.3 is 11.5 Å². The van der Waals surface area contributed by atoms with Crippen LogP contribution in [-0.4, -0.2) is 4.57 Å². The van der Waals surface area contributed by atoms with Crippen LogP contribution in [0, 0.1) is 13.8 Å². The molecule has 0 aliphatic heterocycles. The van der Waals surface area contributed by atoms with Crippen molar-refractivity contribution in [2.75, 3.05) is 11.5 Å². The molecule has 0 aliphatic rings. The van der Waals surface area contributed by atoms with Gasteiger partial charge in [-0.25, -0.2) is 4.57 Å². The largest absolute Gasteiger partial charge is 0.491 e. The van der Waals surface area contributed by atoms with Crippen LogP contribution < -0.4 is 17.0 Å². The predicted octanol–water partition coefficient (Wildman–Crippen LogP) is 1.11. The van der Waals surface area contributed by atoms with Crippen LogP contribution in [-0.2, 0) is 6.30 Å². The molecule has 1 aromatic heterocycles. The molecule has 0 saturated carbocycles. The van der Waals surface area contributed by atoms with Crippen molar-refractivity contribution in [3.63, 3.8) is 0 Å². The van der Waals surface area contributed by atoms with Crippen molar-refractivity contribution in [2.45, 2.75) is 20.1 Å². The van der Waals surface area contributed by atoms with E-state index in [1.807, 2.05) is 0 Å². The molecule has 15 heavy (non-hydrogen) atoms. The van der Waals surface area contributed by atoms with Crippen molar-refractivity contribution in [1.29, 1.82) is 0 Å². The van der Waals surface area contributed by atoms with E-state index < -0.39 is 17.5 Å². The zero-order valence-electron chi connectivity index (χ0n) is 8.14. The number of nitrogens with two attached hydrogens (primary N) is 2. The Balaban J connectivity index is 3.77. The van der Waals surface area contributed by atoms with Crippen LogP contribution in [0.3, 0.4) is 0 Å². The molecule has 0 amide bonds. The fourth-order valence-corrected chi connectivity index (χ4v) is 1.28. The molecule has 0 atom stereocenters. The topological polar surface area (TPSA) is 74.0 Å². The maximum atomic E-state index is 12.5. The molecule has 0 spiro atoms. The normalized spacial score (nSPS) is 11.8. The van der Waals surface area contributed by atoms with E-state index in [4.69, 9.17) is 11.5 Å². The minimum atomic E-state index is -4.81. The van der Waals surface area contributed by atoms with E-state index in [2.05, 4.69) is 0 Å². The third kappa shape index (κ3) is 1.64. The highest BCUT2D eigenvalue weighted by Gasteiger charge is 2.35. The van der Waals surface area contributed by atoms with E-state index >= 15 is 0 Å². The maximum Gasteiger partial charge on any atom is 0.491 e. The van der Waals surface area contributed by atoms with Gasteiger partial charge in [0.1, 0.15) is 5.69 Å². The van der Waals surface area contributed by atoms with E-state index in [0.717, 1.165) is 6.92 Å². The minimum absolute atomic E-state index is 0.121. The molecule has 84 valence electrons. The van der Waals surface area contributed by atoms with Gasteiger partial charge in [-0.3, -0.25) is 4.79 Å². The number of rotatable bonds is 0. The fraction of sp³-hybridized carbons (Fsp3) is 0.375. The lowest BCUT2D eigenvalue weighted by atomic mass is 10.1. The van der Waals surface area contributed by atoms with Crippen molar-refractivity contribution < 1.29 is 13.2 Å². The third-order valence-electron chi connectivity index (χ3n) is 2.22. The standard InChI is InChI=1S/C8H10F3N3O/c1-3-5(12)4(2)14(8(9,10)11)7(15)6(3)13/h12-13H2,1-2H3. The summed E-state index contributed by atoms with van der Waals surface area (Å²) in [5.41, 5.74) is 8.59. The average molecular weight is 221 g/mol. The summed E-state index contributed by atoms with van der Waals surface area (Å²) < 4.78 is 37.0. The number of nitrogens with zero attached hydrogens (tertiary/aromatic N) is 1. The van der Waals surface area contributed by atoms with Crippen LogP contribution >= 0.6 is 0 Å². The van der Waals surface area contributed by atoms with Crippen molar-refractivity contribution in [3.05, 3.63) is 21.6 Å². The summed E-state index contributed by atoms with van der Waals surface area (Å²) in [6.07, 6.45) is -4.81. The summed E-state index contributed by atoms with van der Waals surface area (Å²) >= 11 is 0. The number of hydrogen-bond acceptors (Lipinski definition) is 3. The molecule has 1 rings (SSSR count). The molecule has 0 aromatic carbocycles. The predicted molar refractivity (Wildman–Crippen MR) is 50.3 cm³/mol. The van der Waals surface area contributed by atoms with Crippen LogP contribution in [0.4, 0.5) is 24.5 Å². The molecule has 0 fully saturated rings. The Kier molecular flexibility index (Phi) is 2.42. The first-order chi connectivity index (χ1) is 6.68. The summed E-state index contributed by atoms with van der Waals surface area (Å²) in [5.74, 6) is 0. The first kappa shape index (κ1) is 11.4. The highest BCUT2D eigenvalue weighted by atomic mass is 19.4. The maximum absolute atomic E-state index is 12.5. The molecule has 0 bridgehead atoms. The van der Waals surface area contributed by atoms with Crippen molar-refractivity contribution in [3.8, 4) is 0 Å². The third-order valence-corrected chi connectivity index (χ3v) is 2.22. The number of alkyl halides is 3. The number of nitrogen functional groups attached to an aromatic ring is 2. The van der Waals surface area contributed by atoms with Gasteiger partial charge in [-0.2, -0.15) is 0 Å². The summed E-state index contributed by atoms with van der Waals surface area (Å²) in [5, 5.41) is 0. The molecular weight excluding hydrogens is 211 g/mol. The number of pyridine rings is 1. The Bertz CT molecular complexity index is 462. The second kappa shape index (κ2) is 3.18. The van der Waals surface area contributed by atoms with Gasteiger partial charge in [-0.05, 0) is 13.8 Å². The summed E-state index contributed by atoms with van der Waals surface area (Å²) in [6.45, 7) is 2.52. The van der Waals surface area contributed by atoms with Crippen molar-refractivity contribution in [2.24, 2.45) is 0 Å². The van der Waals surface area contributed by atoms with E-state index in [-0.39, 0.29) is 21.5 Å². The monoisotopic (exact) mass is 221 g/mol. The first-order valence-electron chi connectivity index (χ1n) is 4.02. The number of hydrogen-bond donors (Lipinski definition) is 2. The lowest BCUT2D eigenvalue weighted by molar-refractivity contribution is -0.207. The molecule has 0 unspecified atom stereocenters. The van der Waals surface area contributed by atoms with Crippen LogP contribution in [0.5, 0.6) is 0 Å². The quantitative estimate of drug-likeness (QED) is 0.689. The van der Waals surface area contributed by atoms with Crippen LogP contribution in [0.25, 0.3) is 0 Å². The SMILES string of the molecule is Cc1c(N)c(C)n(C(F)(F)F)c(=O)c1N. The van der Waals surface area contributed by atoms with Gasteiger partial charge >= 0.3 is 6.30 Å². The second-order valence-electron chi connectivity index (χ2n) is 3.15. The molecule has 1 aromatic rings. The van der Waals surface area contributed by atoms with E-state index in [0.29, 0.717) is 0 Å². The molecule has 1 heterocycles. The number of halogens is 3. The van der Waals surface area contributed by atoms with E-state index in [1.165, 1.54) is 6.92 Å². The van der Waals surface area contributed by atoms with Gasteiger partial charge in [0.05, 0.1) is 11.4 Å². The molecule has 0 saturated heterocycles. The van der Waals surface area contributed by atoms with Gasteiger partial charge in [0.2, 0.25) is 0 Å². The van der Waals surface area contributed by atoms with Gasteiger partial charge in [0.25, 0.3) is 5.56 Å². The second-order valence-corrected chi connectivity index (χ2v) is 3.15. The van der Waals surface area contributed by atoms with Gasteiger partial charge in [0.15, 0.2) is 0 Å². The summed E-state index contributed by atoms with van der Waals surface area (Å²) in [4.78, 5) is 11.3. The minimum Gasteiger partial charge on any atom is -0.397 e. The molecule has 7 heteroatoms. The number of anilines is 2. The van der Waals surface area contributed by atoms with Crippen LogP contribution in [0.2, 0.25) is 0 Å². The molecule has 0 aliphatic carbocycles. The zero-order valence-corrected chi connectivity index (χ0v) is 8.14. The summed E-state index contributed by atoms with van der Waals surface area (Å²) in [7, 11) is 0. The molecule has 0 radical (unpaired) electrons. The van der Waals surface area contributed by atoms with Crippen molar-refractivity contribution >= 4 is 11.4 Å². The highest BCUT2D eigenvalue weighted by molar-refractivity contribution is 5.61. The Hall–Kier alpha value is -1.66. The lowest BCUT2D eigenvalue weighted by Crippen LogP contribution is -2.35. The van der Waals surface area contributed by atoms with Gasteiger partial charge in [-0.15, -0.1) is 13.2 Å². The first-order valence-corrected chi connectivity index (χ1v) is 4.02. The van der Waals surface area contributed by atoms with Gasteiger partial charge in [0, 0.05) is 5.56 Å². The van der Waals surface area contributed by atoms with Crippen LogP contribution in [0.15, 0.2) is 4.79 Å². The Morgan fingerprint density at radius 1 is 1.13 bits per heavy atom. The highest BCUT2D eigenvalue weighted by Crippen LogP contribution is 2.27. The lowest BCUT2D eigenvalue weighted by Gasteiger charge is -2.17. The zero-order chi connectivity index (χ0) is 12.0. The molecule has 4 nitrogen and oxygen atoms in total. The van der Waals surface area contributed by atoms with Crippen molar-refractivity contribution in [1.82, 2.24) is 4.57 Å². The van der Waals surface area contributed by atoms with Crippen LogP contribution in [0.1, 0.15) is 11.3 Å². The summed E-state index contributed by atoms with van der Waals surface area (Å²) in [6, 6.07) is 0. The fourth-order valence-electron chi connectivity index (χ4n) is 1.28. The Morgan fingerprint density at radius 2 is 1.60 bits per heavy atom. The smallest absolute Gasteiger partial charge is 0.397 e. The Labute approximate surface area is 83.3 Å². The number of aromatic nitrogens is 1. The van der Waals surface area contributed by atoms with Gasteiger partial charge in [-0.1, -0.05) is 0 Å².